The van der Waals surface area contributed by atoms with Gasteiger partial charge in [0.1, 0.15) is 13.2 Å². The minimum Gasteiger partial charge on any atom is -0.486 e. The van der Waals surface area contributed by atoms with E-state index in [1.54, 1.807) is 48.1 Å². The molecule has 1 aliphatic rings. The molecule has 4 rings (SSSR count). The number of nitrogens with one attached hydrogen (secondary N) is 1. The molecule has 0 bridgehead atoms. The molecule has 0 amide bonds. The average Bonchev–Trinajstić information content (AvgIpc) is 3.07. The summed E-state index contributed by atoms with van der Waals surface area (Å²) in [6, 6.07) is 10.2. The molecule has 0 spiro atoms. The van der Waals surface area contributed by atoms with E-state index >= 15 is 0 Å². The molecule has 1 aromatic heterocycles. The molecule has 27 heavy (non-hydrogen) atoms. The van der Waals surface area contributed by atoms with Crippen molar-refractivity contribution in [3.05, 3.63) is 54.4 Å². The molecule has 1 N–H and O–H groups in total. The van der Waals surface area contributed by atoms with Crippen molar-refractivity contribution >= 4 is 15.7 Å². The number of hydrogen-bond acceptors (Lipinski definition) is 5. The zero-order chi connectivity index (χ0) is 19.0. The molecule has 140 valence electrons. The molecule has 7 nitrogen and oxygen atoms in total. The highest BCUT2D eigenvalue weighted by atomic mass is 32.2. The Labute approximate surface area is 157 Å². The lowest BCUT2D eigenvalue weighted by molar-refractivity contribution is 0.171. The second-order valence-corrected chi connectivity index (χ2v) is 8.00. The third-order valence-corrected chi connectivity index (χ3v) is 5.84. The van der Waals surface area contributed by atoms with E-state index in [1.807, 2.05) is 19.3 Å². The van der Waals surface area contributed by atoms with Gasteiger partial charge in [0.05, 0.1) is 16.8 Å². The molecule has 0 aliphatic carbocycles. The monoisotopic (exact) mass is 385 g/mol. The Hall–Kier alpha value is -3.00. The number of aromatic nitrogens is 2. The lowest BCUT2D eigenvalue weighted by atomic mass is 10.1. The van der Waals surface area contributed by atoms with Crippen molar-refractivity contribution in [3.8, 4) is 22.6 Å². The molecule has 0 saturated heterocycles. The Morgan fingerprint density at radius 2 is 1.81 bits per heavy atom. The number of sulfonamides is 1. The van der Waals surface area contributed by atoms with Gasteiger partial charge in [-0.2, -0.15) is 5.10 Å². The number of nitrogens with zero attached hydrogens (tertiary/aromatic N) is 2. The van der Waals surface area contributed by atoms with Crippen LogP contribution in [0.15, 0.2) is 53.7 Å². The summed E-state index contributed by atoms with van der Waals surface area (Å²) in [6.45, 7) is 2.71. The van der Waals surface area contributed by atoms with Gasteiger partial charge < -0.3 is 9.47 Å². The average molecular weight is 385 g/mol. The SMILES string of the molecule is Cc1cc(-c2cnn(C)c2)ccc1S(=O)(=O)Nc1ccc2c(c1)OCCO2. The fourth-order valence-electron chi connectivity index (χ4n) is 3.02. The molecule has 2 aromatic carbocycles. The quantitative estimate of drug-likeness (QED) is 0.747. The van der Waals surface area contributed by atoms with Gasteiger partial charge in [-0.25, -0.2) is 8.42 Å². The van der Waals surface area contributed by atoms with Crippen LogP contribution in [0.5, 0.6) is 11.5 Å². The molecule has 0 radical (unpaired) electrons. The fraction of sp³-hybridized carbons (Fsp3) is 0.211. The van der Waals surface area contributed by atoms with Crippen LogP contribution >= 0.6 is 0 Å². The van der Waals surface area contributed by atoms with Crippen molar-refractivity contribution in [2.75, 3.05) is 17.9 Å². The maximum atomic E-state index is 12.8. The Kier molecular flexibility index (Phi) is 4.27. The van der Waals surface area contributed by atoms with Crippen LogP contribution in [0.2, 0.25) is 0 Å². The van der Waals surface area contributed by atoms with E-state index in [2.05, 4.69) is 9.82 Å². The van der Waals surface area contributed by atoms with E-state index in [9.17, 15) is 8.42 Å². The minimum atomic E-state index is -3.73. The second-order valence-electron chi connectivity index (χ2n) is 6.35. The summed E-state index contributed by atoms with van der Waals surface area (Å²) in [4.78, 5) is 0.227. The second kappa shape index (κ2) is 6.62. The van der Waals surface area contributed by atoms with Crippen LogP contribution < -0.4 is 14.2 Å². The lowest BCUT2D eigenvalue weighted by Crippen LogP contribution is -2.17. The van der Waals surface area contributed by atoms with E-state index < -0.39 is 10.0 Å². The van der Waals surface area contributed by atoms with Crippen LogP contribution in [0.3, 0.4) is 0 Å². The summed E-state index contributed by atoms with van der Waals surface area (Å²) in [5.74, 6) is 1.14. The molecule has 1 aliphatic heterocycles. The van der Waals surface area contributed by atoms with Crippen molar-refractivity contribution in [1.29, 1.82) is 0 Å². The van der Waals surface area contributed by atoms with Gasteiger partial charge >= 0.3 is 0 Å². The van der Waals surface area contributed by atoms with Crippen LogP contribution in [-0.4, -0.2) is 31.4 Å². The van der Waals surface area contributed by atoms with Crippen molar-refractivity contribution in [2.45, 2.75) is 11.8 Å². The minimum absolute atomic E-state index is 0.227. The Morgan fingerprint density at radius 3 is 2.52 bits per heavy atom. The van der Waals surface area contributed by atoms with Crippen LogP contribution in [0.4, 0.5) is 5.69 Å². The van der Waals surface area contributed by atoms with E-state index in [1.165, 1.54) is 0 Å². The number of hydrogen-bond donors (Lipinski definition) is 1. The zero-order valence-corrected chi connectivity index (χ0v) is 15.8. The number of ether oxygens (including phenoxy) is 2. The van der Waals surface area contributed by atoms with Crippen molar-refractivity contribution in [2.24, 2.45) is 7.05 Å². The van der Waals surface area contributed by atoms with Crippen molar-refractivity contribution in [1.82, 2.24) is 9.78 Å². The van der Waals surface area contributed by atoms with Crippen LogP contribution in [0.1, 0.15) is 5.56 Å². The first kappa shape index (κ1) is 17.4. The molecule has 0 unspecified atom stereocenters. The van der Waals surface area contributed by atoms with Crippen molar-refractivity contribution in [3.63, 3.8) is 0 Å². The molecular weight excluding hydrogens is 366 g/mol. The molecular formula is C19H19N3O4S. The molecule has 2 heterocycles. The van der Waals surface area contributed by atoms with E-state index in [0.29, 0.717) is 36.0 Å². The van der Waals surface area contributed by atoms with Gasteiger partial charge in [0, 0.05) is 24.9 Å². The third kappa shape index (κ3) is 3.48. The van der Waals surface area contributed by atoms with Gasteiger partial charge in [0.25, 0.3) is 10.0 Å². The van der Waals surface area contributed by atoms with Crippen molar-refractivity contribution < 1.29 is 17.9 Å². The normalized spacial score (nSPS) is 13.4. The van der Waals surface area contributed by atoms with Crippen LogP contribution in [0.25, 0.3) is 11.1 Å². The Bertz CT molecular complexity index is 1110. The maximum absolute atomic E-state index is 12.8. The fourth-order valence-corrected chi connectivity index (χ4v) is 4.29. The standard InChI is InChI=1S/C19H19N3O4S/c1-13-9-14(15-11-20-22(2)12-15)3-6-19(13)27(23,24)21-16-4-5-17-18(10-16)26-8-7-25-17/h3-6,9-12,21H,7-8H2,1-2H3. The molecule has 0 atom stereocenters. The summed E-state index contributed by atoms with van der Waals surface area (Å²) < 4.78 is 41.0. The largest absolute Gasteiger partial charge is 0.486 e. The first-order chi connectivity index (χ1) is 12.9. The van der Waals surface area contributed by atoms with Crippen LogP contribution in [-0.2, 0) is 17.1 Å². The number of benzene rings is 2. The summed E-state index contributed by atoms with van der Waals surface area (Å²) in [6.07, 6.45) is 3.63. The number of aryl methyl sites for hydroxylation is 2. The molecule has 0 fully saturated rings. The smallest absolute Gasteiger partial charge is 0.262 e. The van der Waals surface area contributed by atoms with Crippen LogP contribution in [0, 0.1) is 6.92 Å². The molecule has 0 saturated carbocycles. The van der Waals surface area contributed by atoms with Gasteiger partial charge in [-0.15, -0.1) is 0 Å². The van der Waals surface area contributed by atoms with Gasteiger partial charge in [-0.1, -0.05) is 6.07 Å². The summed E-state index contributed by atoms with van der Waals surface area (Å²) >= 11 is 0. The third-order valence-electron chi connectivity index (χ3n) is 4.30. The zero-order valence-electron chi connectivity index (χ0n) is 15.0. The van der Waals surface area contributed by atoms with Gasteiger partial charge in [-0.3, -0.25) is 9.40 Å². The van der Waals surface area contributed by atoms with Gasteiger partial charge in [-0.05, 0) is 42.3 Å². The summed E-state index contributed by atoms with van der Waals surface area (Å²) in [7, 11) is -1.89. The van der Waals surface area contributed by atoms with E-state index in [4.69, 9.17) is 9.47 Å². The molecule has 3 aromatic rings. The first-order valence-corrected chi connectivity index (χ1v) is 9.93. The number of rotatable bonds is 4. The maximum Gasteiger partial charge on any atom is 0.262 e. The molecule has 8 heteroatoms. The van der Waals surface area contributed by atoms with E-state index in [-0.39, 0.29) is 4.90 Å². The van der Waals surface area contributed by atoms with E-state index in [0.717, 1.165) is 11.1 Å². The lowest BCUT2D eigenvalue weighted by Gasteiger charge is -2.19. The van der Waals surface area contributed by atoms with Gasteiger partial charge in [0.15, 0.2) is 11.5 Å². The highest BCUT2D eigenvalue weighted by Gasteiger charge is 2.19. The predicted molar refractivity (Wildman–Crippen MR) is 102 cm³/mol. The summed E-state index contributed by atoms with van der Waals surface area (Å²) in [5.41, 5.74) is 2.93. The topological polar surface area (TPSA) is 82.5 Å². The Balaban J connectivity index is 1.62. The summed E-state index contributed by atoms with van der Waals surface area (Å²) in [5, 5.41) is 4.15. The first-order valence-electron chi connectivity index (χ1n) is 8.44. The number of anilines is 1. The predicted octanol–water partition coefficient (Wildman–Crippen LogP) is 2.97. The number of fused-ring (bicyclic) bond motifs is 1. The van der Waals surface area contributed by atoms with Gasteiger partial charge in [0.2, 0.25) is 0 Å². The highest BCUT2D eigenvalue weighted by Crippen LogP contribution is 2.33. The highest BCUT2D eigenvalue weighted by molar-refractivity contribution is 7.92. The Morgan fingerprint density at radius 1 is 1.04 bits per heavy atom.